The van der Waals surface area contributed by atoms with E-state index in [9.17, 15) is 9.90 Å². The molecule has 0 aromatic heterocycles. The van der Waals surface area contributed by atoms with E-state index < -0.39 is 5.97 Å². The summed E-state index contributed by atoms with van der Waals surface area (Å²) < 4.78 is 10.9. The zero-order valence-electron chi connectivity index (χ0n) is 20.1. The minimum absolute atomic E-state index is 0.126. The van der Waals surface area contributed by atoms with Gasteiger partial charge in [-0.3, -0.25) is 0 Å². The van der Waals surface area contributed by atoms with E-state index >= 15 is 0 Å². The van der Waals surface area contributed by atoms with Crippen molar-refractivity contribution in [3.05, 3.63) is 77.4 Å². The van der Waals surface area contributed by atoms with Crippen molar-refractivity contribution in [3.8, 4) is 28.0 Å². The molecule has 0 spiro atoms. The van der Waals surface area contributed by atoms with Crippen molar-refractivity contribution in [1.82, 2.24) is 0 Å². The molecule has 0 bridgehead atoms. The first-order chi connectivity index (χ1) is 15.6. The molecule has 1 aliphatic rings. The summed E-state index contributed by atoms with van der Waals surface area (Å²) in [6.45, 7) is 9.49. The van der Waals surface area contributed by atoms with E-state index in [0.717, 1.165) is 28.7 Å². The Balaban J connectivity index is 1.82. The number of carbonyl (C=O) groups is 1. The van der Waals surface area contributed by atoms with Gasteiger partial charge in [0.25, 0.3) is 0 Å². The van der Waals surface area contributed by atoms with Crippen molar-refractivity contribution in [3.63, 3.8) is 0 Å². The first kappa shape index (κ1) is 23.1. The maximum absolute atomic E-state index is 11.2. The third kappa shape index (κ3) is 4.67. The molecule has 1 aliphatic carbocycles. The van der Waals surface area contributed by atoms with Crippen LogP contribution >= 0.6 is 0 Å². The molecule has 0 fully saturated rings. The van der Waals surface area contributed by atoms with E-state index in [2.05, 4.69) is 52.0 Å². The Bertz CT molecular complexity index is 1170. The van der Waals surface area contributed by atoms with Crippen LogP contribution in [-0.4, -0.2) is 25.0 Å². The molecule has 4 heteroatoms. The van der Waals surface area contributed by atoms with Crippen LogP contribution in [0.1, 0.15) is 62.0 Å². The van der Waals surface area contributed by atoms with Crippen molar-refractivity contribution in [2.24, 2.45) is 0 Å². The minimum Gasteiger partial charge on any atom is -0.478 e. The van der Waals surface area contributed by atoms with Gasteiger partial charge in [0.05, 0.1) is 5.56 Å². The second-order valence-corrected chi connectivity index (χ2v) is 10.2. The van der Waals surface area contributed by atoms with Gasteiger partial charge in [-0.15, -0.1) is 0 Å². The maximum Gasteiger partial charge on any atom is 0.335 e. The summed E-state index contributed by atoms with van der Waals surface area (Å²) in [6, 6.07) is 19.9. The van der Waals surface area contributed by atoms with E-state index in [1.807, 2.05) is 24.3 Å². The Hall–Kier alpha value is -3.11. The van der Waals surface area contributed by atoms with Crippen molar-refractivity contribution < 1.29 is 19.4 Å². The summed E-state index contributed by atoms with van der Waals surface area (Å²) in [5.41, 5.74) is 7.51. The number of rotatable bonds is 6. The van der Waals surface area contributed by atoms with Crippen molar-refractivity contribution >= 4 is 5.97 Å². The lowest BCUT2D eigenvalue weighted by atomic mass is 9.63. The number of ether oxygens (including phenoxy) is 2. The lowest BCUT2D eigenvalue weighted by molar-refractivity contribution is 0.0512. The molecule has 172 valence electrons. The second kappa shape index (κ2) is 8.68. The molecular weight excluding hydrogens is 412 g/mol. The number of carboxylic acids is 1. The molecule has 33 heavy (non-hydrogen) atoms. The first-order valence-corrected chi connectivity index (χ1v) is 11.4. The quantitative estimate of drug-likeness (QED) is 0.414. The van der Waals surface area contributed by atoms with Crippen LogP contribution in [0.2, 0.25) is 0 Å². The molecule has 0 radical (unpaired) electrons. The summed E-state index contributed by atoms with van der Waals surface area (Å²) in [5.74, 6) is -0.219. The number of aromatic carboxylic acids is 1. The molecule has 0 unspecified atom stereocenters. The highest BCUT2D eigenvalue weighted by Gasteiger charge is 2.37. The summed E-state index contributed by atoms with van der Waals surface area (Å²) in [5, 5.41) is 9.22. The molecule has 4 rings (SSSR count). The minimum atomic E-state index is -0.931. The van der Waals surface area contributed by atoms with E-state index in [1.54, 1.807) is 19.2 Å². The molecular formula is C29H32O4. The summed E-state index contributed by atoms with van der Waals surface area (Å²) >= 11 is 0. The fourth-order valence-corrected chi connectivity index (χ4v) is 4.72. The van der Waals surface area contributed by atoms with Crippen LogP contribution in [0.25, 0.3) is 22.3 Å². The topological polar surface area (TPSA) is 55.8 Å². The van der Waals surface area contributed by atoms with E-state index in [1.165, 1.54) is 17.5 Å². The summed E-state index contributed by atoms with van der Waals surface area (Å²) in [7, 11) is 1.60. The van der Waals surface area contributed by atoms with Crippen LogP contribution in [0.5, 0.6) is 5.75 Å². The number of carboxylic acid groups (broad SMARTS) is 1. The van der Waals surface area contributed by atoms with Gasteiger partial charge >= 0.3 is 5.97 Å². The standard InChI is InChI=1S/C29H32O4/c1-28(2)12-13-29(3,4)26-17-21(10-11-25(26)28)23-14-22(15-24(16-23)33-18-32-5)19-6-8-20(9-7-19)27(30)31/h6-11,14-17H,12-13,18H2,1-5H3,(H,30,31). The molecule has 1 N–H and O–H groups in total. The van der Waals surface area contributed by atoms with Gasteiger partial charge in [0.15, 0.2) is 6.79 Å². The highest BCUT2D eigenvalue weighted by atomic mass is 16.7. The largest absolute Gasteiger partial charge is 0.478 e. The lowest BCUT2D eigenvalue weighted by Gasteiger charge is -2.42. The van der Waals surface area contributed by atoms with Gasteiger partial charge < -0.3 is 14.6 Å². The van der Waals surface area contributed by atoms with Gasteiger partial charge in [0, 0.05) is 7.11 Å². The molecule has 0 heterocycles. The summed E-state index contributed by atoms with van der Waals surface area (Å²) in [4.78, 5) is 11.2. The number of hydrogen-bond acceptors (Lipinski definition) is 3. The Morgan fingerprint density at radius 1 is 0.788 bits per heavy atom. The molecule has 0 saturated heterocycles. The highest BCUT2D eigenvalue weighted by molar-refractivity contribution is 5.88. The van der Waals surface area contributed by atoms with Crippen LogP contribution in [0.15, 0.2) is 60.7 Å². The van der Waals surface area contributed by atoms with Crippen LogP contribution < -0.4 is 4.74 Å². The van der Waals surface area contributed by atoms with E-state index in [-0.39, 0.29) is 23.2 Å². The van der Waals surface area contributed by atoms with Gasteiger partial charge in [-0.05, 0) is 87.4 Å². The number of methoxy groups -OCH3 is 1. The summed E-state index contributed by atoms with van der Waals surface area (Å²) in [6.07, 6.45) is 2.35. The fraction of sp³-hybridized carbons (Fsp3) is 0.345. The Morgan fingerprint density at radius 3 is 1.97 bits per heavy atom. The second-order valence-electron chi connectivity index (χ2n) is 10.2. The normalized spacial score (nSPS) is 16.2. The van der Waals surface area contributed by atoms with Crippen molar-refractivity contribution in [2.45, 2.75) is 51.4 Å². The predicted molar refractivity (Wildman–Crippen MR) is 132 cm³/mol. The third-order valence-electron chi connectivity index (χ3n) is 6.90. The van der Waals surface area contributed by atoms with Gasteiger partial charge in [-0.1, -0.05) is 58.0 Å². The maximum atomic E-state index is 11.2. The van der Waals surface area contributed by atoms with E-state index in [4.69, 9.17) is 9.47 Å². The number of hydrogen-bond donors (Lipinski definition) is 1. The van der Waals surface area contributed by atoms with E-state index in [0.29, 0.717) is 5.75 Å². The Kier molecular flexibility index (Phi) is 6.06. The van der Waals surface area contributed by atoms with Crippen LogP contribution in [-0.2, 0) is 15.6 Å². The van der Waals surface area contributed by atoms with Crippen LogP contribution in [0.3, 0.4) is 0 Å². The molecule has 0 saturated carbocycles. The Labute approximate surface area is 196 Å². The molecule has 0 aliphatic heterocycles. The lowest BCUT2D eigenvalue weighted by Crippen LogP contribution is -2.33. The third-order valence-corrected chi connectivity index (χ3v) is 6.90. The Morgan fingerprint density at radius 2 is 1.36 bits per heavy atom. The zero-order valence-corrected chi connectivity index (χ0v) is 20.1. The molecule has 3 aromatic carbocycles. The van der Waals surface area contributed by atoms with Gasteiger partial charge in [-0.25, -0.2) is 4.79 Å². The molecule has 0 atom stereocenters. The average molecular weight is 445 g/mol. The zero-order chi connectivity index (χ0) is 23.8. The molecule has 3 aromatic rings. The average Bonchev–Trinajstić information content (AvgIpc) is 2.80. The number of benzene rings is 3. The number of fused-ring (bicyclic) bond motifs is 1. The van der Waals surface area contributed by atoms with Crippen LogP contribution in [0, 0.1) is 0 Å². The molecule has 4 nitrogen and oxygen atoms in total. The fourth-order valence-electron chi connectivity index (χ4n) is 4.72. The predicted octanol–water partition coefficient (Wildman–Crippen LogP) is 7.05. The monoisotopic (exact) mass is 444 g/mol. The SMILES string of the molecule is COCOc1cc(-c2ccc(C(=O)O)cc2)cc(-c2ccc3c(c2)C(C)(C)CCC3(C)C)c1. The van der Waals surface area contributed by atoms with Crippen molar-refractivity contribution in [2.75, 3.05) is 13.9 Å². The molecule has 0 amide bonds. The van der Waals surface area contributed by atoms with Crippen molar-refractivity contribution in [1.29, 1.82) is 0 Å². The highest BCUT2D eigenvalue weighted by Crippen LogP contribution is 2.47. The van der Waals surface area contributed by atoms with Gasteiger partial charge in [-0.2, -0.15) is 0 Å². The smallest absolute Gasteiger partial charge is 0.335 e. The van der Waals surface area contributed by atoms with Gasteiger partial charge in [0.1, 0.15) is 5.75 Å². The van der Waals surface area contributed by atoms with Crippen LogP contribution in [0.4, 0.5) is 0 Å². The first-order valence-electron chi connectivity index (χ1n) is 11.4. The van der Waals surface area contributed by atoms with Gasteiger partial charge in [0.2, 0.25) is 0 Å².